The third kappa shape index (κ3) is 4.28. The molecule has 0 aliphatic rings. The van der Waals surface area contributed by atoms with E-state index in [4.69, 9.17) is 22.1 Å². The second-order valence-corrected chi connectivity index (χ2v) is 5.79. The molecule has 1 aromatic heterocycles. The van der Waals surface area contributed by atoms with Crippen LogP contribution in [0.1, 0.15) is 20.3 Å². The molecule has 1 aromatic carbocycles. The SMILES string of the molecule is CC[C@@H](C)Oc1cc(N)nc(Sc2cccc(Cl)c2)n1. The fourth-order valence-electron chi connectivity index (χ4n) is 1.45. The van der Waals surface area contributed by atoms with Gasteiger partial charge in [-0.3, -0.25) is 0 Å². The molecule has 0 bridgehead atoms. The van der Waals surface area contributed by atoms with Gasteiger partial charge < -0.3 is 10.5 Å². The lowest BCUT2D eigenvalue weighted by Gasteiger charge is -2.12. The fraction of sp³-hybridized carbons (Fsp3) is 0.286. The van der Waals surface area contributed by atoms with Gasteiger partial charge in [-0.15, -0.1) is 0 Å². The Bertz CT molecular complexity index is 594. The van der Waals surface area contributed by atoms with Gasteiger partial charge in [-0.2, -0.15) is 4.98 Å². The third-order valence-electron chi connectivity index (χ3n) is 2.60. The molecule has 0 aliphatic carbocycles. The first-order valence-electron chi connectivity index (χ1n) is 6.31. The molecule has 0 saturated heterocycles. The van der Waals surface area contributed by atoms with Crippen LogP contribution in [0, 0.1) is 0 Å². The lowest BCUT2D eigenvalue weighted by atomic mass is 10.3. The van der Waals surface area contributed by atoms with Crippen LogP contribution in [0.2, 0.25) is 5.02 Å². The Morgan fingerprint density at radius 1 is 1.35 bits per heavy atom. The molecule has 106 valence electrons. The van der Waals surface area contributed by atoms with E-state index in [1.807, 2.05) is 31.2 Å². The molecule has 0 unspecified atom stereocenters. The number of nitrogens with two attached hydrogens (primary N) is 1. The summed E-state index contributed by atoms with van der Waals surface area (Å²) in [6.45, 7) is 4.04. The van der Waals surface area contributed by atoms with Crippen LogP contribution in [0.25, 0.3) is 0 Å². The highest BCUT2D eigenvalue weighted by molar-refractivity contribution is 7.99. The van der Waals surface area contributed by atoms with Crippen LogP contribution in [-0.4, -0.2) is 16.1 Å². The Labute approximate surface area is 127 Å². The van der Waals surface area contributed by atoms with Gasteiger partial charge in [0.1, 0.15) is 5.82 Å². The minimum Gasteiger partial charge on any atom is -0.475 e. The maximum Gasteiger partial charge on any atom is 0.219 e. The van der Waals surface area contributed by atoms with E-state index in [0.717, 1.165) is 11.3 Å². The molecular formula is C14H16ClN3OS. The first-order chi connectivity index (χ1) is 9.56. The van der Waals surface area contributed by atoms with E-state index in [2.05, 4.69) is 16.9 Å². The largest absolute Gasteiger partial charge is 0.475 e. The molecule has 1 atom stereocenters. The molecule has 0 spiro atoms. The van der Waals surface area contributed by atoms with Crippen molar-refractivity contribution in [2.24, 2.45) is 0 Å². The van der Waals surface area contributed by atoms with Crippen LogP contribution in [0.15, 0.2) is 40.4 Å². The minimum absolute atomic E-state index is 0.0910. The number of anilines is 1. The van der Waals surface area contributed by atoms with Crippen molar-refractivity contribution in [1.82, 2.24) is 9.97 Å². The Morgan fingerprint density at radius 3 is 2.85 bits per heavy atom. The van der Waals surface area contributed by atoms with Crippen molar-refractivity contribution in [3.05, 3.63) is 35.4 Å². The van der Waals surface area contributed by atoms with Crippen molar-refractivity contribution in [2.75, 3.05) is 5.73 Å². The van der Waals surface area contributed by atoms with E-state index in [1.54, 1.807) is 6.07 Å². The average Bonchev–Trinajstić information content (AvgIpc) is 2.37. The second kappa shape index (κ2) is 6.81. The topological polar surface area (TPSA) is 61.0 Å². The van der Waals surface area contributed by atoms with Crippen LogP contribution in [0.4, 0.5) is 5.82 Å². The number of aromatic nitrogens is 2. The van der Waals surface area contributed by atoms with Gasteiger partial charge in [0.05, 0.1) is 6.10 Å². The lowest BCUT2D eigenvalue weighted by molar-refractivity contribution is 0.207. The molecule has 0 aliphatic heterocycles. The molecular weight excluding hydrogens is 294 g/mol. The maximum atomic E-state index is 5.96. The normalized spacial score (nSPS) is 12.2. The smallest absolute Gasteiger partial charge is 0.219 e. The van der Waals surface area contributed by atoms with Crippen molar-refractivity contribution >= 4 is 29.2 Å². The van der Waals surface area contributed by atoms with Gasteiger partial charge in [-0.05, 0) is 43.3 Å². The summed E-state index contributed by atoms with van der Waals surface area (Å²) in [7, 11) is 0. The highest BCUT2D eigenvalue weighted by atomic mass is 35.5. The first kappa shape index (κ1) is 14.9. The number of benzene rings is 1. The van der Waals surface area contributed by atoms with E-state index in [9.17, 15) is 0 Å². The standard InChI is InChI=1S/C14H16ClN3OS/c1-3-9(2)19-13-8-12(16)17-14(18-13)20-11-6-4-5-10(15)7-11/h4-9H,3H2,1-2H3,(H2,16,17,18)/t9-/m1/s1. The van der Waals surface area contributed by atoms with Gasteiger partial charge in [0, 0.05) is 16.0 Å². The summed E-state index contributed by atoms with van der Waals surface area (Å²) in [5.41, 5.74) is 5.79. The first-order valence-corrected chi connectivity index (χ1v) is 7.51. The summed E-state index contributed by atoms with van der Waals surface area (Å²) in [4.78, 5) is 9.51. The summed E-state index contributed by atoms with van der Waals surface area (Å²) in [5.74, 6) is 0.888. The van der Waals surface area contributed by atoms with Crippen molar-refractivity contribution in [3.63, 3.8) is 0 Å². The molecule has 0 fully saturated rings. The van der Waals surface area contributed by atoms with E-state index < -0.39 is 0 Å². The summed E-state index contributed by atoms with van der Waals surface area (Å²) in [6.07, 6.45) is 0.994. The van der Waals surface area contributed by atoms with Gasteiger partial charge in [0.2, 0.25) is 5.88 Å². The van der Waals surface area contributed by atoms with E-state index in [-0.39, 0.29) is 6.10 Å². The number of rotatable bonds is 5. The molecule has 2 N–H and O–H groups in total. The zero-order valence-corrected chi connectivity index (χ0v) is 12.9. The predicted molar refractivity (Wildman–Crippen MR) is 82.4 cm³/mol. The van der Waals surface area contributed by atoms with Crippen molar-refractivity contribution in [2.45, 2.75) is 36.4 Å². The number of nitrogens with zero attached hydrogens (tertiary/aromatic N) is 2. The highest BCUT2D eigenvalue weighted by Crippen LogP contribution is 2.28. The molecule has 0 saturated carbocycles. The molecule has 4 nitrogen and oxygen atoms in total. The maximum absolute atomic E-state index is 5.96. The Hall–Kier alpha value is -1.46. The van der Waals surface area contributed by atoms with Gasteiger partial charge in [0.25, 0.3) is 0 Å². The monoisotopic (exact) mass is 309 g/mol. The van der Waals surface area contributed by atoms with Crippen LogP contribution in [0.5, 0.6) is 5.88 Å². The van der Waals surface area contributed by atoms with E-state index >= 15 is 0 Å². The number of ether oxygens (including phenoxy) is 1. The molecule has 2 rings (SSSR count). The van der Waals surface area contributed by atoms with Crippen molar-refractivity contribution in [3.8, 4) is 5.88 Å². The number of halogens is 1. The summed E-state index contributed by atoms with van der Waals surface area (Å²) in [5, 5.41) is 1.22. The Kier molecular flexibility index (Phi) is 5.09. The van der Waals surface area contributed by atoms with Crippen molar-refractivity contribution in [1.29, 1.82) is 0 Å². The fourth-order valence-corrected chi connectivity index (χ4v) is 2.54. The predicted octanol–water partition coefficient (Wildman–Crippen LogP) is 4.04. The molecule has 20 heavy (non-hydrogen) atoms. The van der Waals surface area contributed by atoms with Gasteiger partial charge in [0.15, 0.2) is 5.16 Å². The number of nitrogen functional groups attached to an aromatic ring is 1. The Morgan fingerprint density at radius 2 is 2.15 bits per heavy atom. The highest BCUT2D eigenvalue weighted by Gasteiger charge is 2.08. The minimum atomic E-state index is 0.0910. The molecule has 1 heterocycles. The van der Waals surface area contributed by atoms with Crippen LogP contribution < -0.4 is 10.5 Å². The summed E-state index contributed by atoms with van der Waals surface area (Å²) < 4.78 is 5.68. The zero-order chi connectivity index (χ0) is 14.5. The van der Waals surface area contributed by atoms with E-state index in [0.29, 0.717) is 21.9 Å². The second-order valence-electron chi connectivity index (χ2n) is 4.31. The number of hydrogen-bond donors (Lipinski definition) is 1. The molecule has 0 radical (unpaired) electrons. The lowest BCUT2D eigenvalue weighted by Crippen LogP contribution is -2.11. The van der Waals surface area contributed by atoms with Crippen LogP contribution in [-0.2, 0) is 0 Å². The molecule has 6 heteroatoms. The summed E-state index contributed by atoms with van der Waals surface area (Å²) >= 11 is 7.36. The summed E-state index contributed by atoms with van der Waals surface area (Å²) in [6, 6.07) is 9.14. The zero-order valence-electron chi connectivity index (χ0n) is 11.3. The van der Waals surface area contributed by atoms with Crippen LogP contribution in [0.3, 0.4) is 0 Å². The van der Waals surface area contributed by atoms with Gasteiger partial charge >= 0.3 is 0 Å². The van der Waals surface area contributed by atoms with E-state index in [1.165, 1.54) is 11.8 Å². The van der Waals surface area contributed by atoms with Crippen molar-refractivity contribution < 1.29 is 4.74 Å². The van der Waals surface area contributed by atoms with Crippen LogP contribution >= 0.6 is 23.4 Å². The quantitative estimate of drug-likeness (QED) is 0.845. The third-order valence-corrected chi connectivity index (χ3v) is 3.69. The average molecular weight is 310 g/mol. The number of hydrogen-bond acceptors (Lipinski definition) is 5. The molecule has 0 amide bonds. The molecule has 2 aromatic rings. The van der Waals surface area contributed by atoms with Gasteiger partial charge in [-0.1, -0.05) is 24.6 Å². The van der Waals surface area contributed by atoms with Gasteiger partial charge in [-0.25, -0.2) is 4.98 Å². The Balaban J connectivity index is 2.19.